The van der Waals surface area contributed by atoms with Gasteiger partial charge >= 0.3 is 0 Å². The SMILES string of the molecule is N#Cc1ccc(N2CCC(N3CC[C@@H](NC(=O)CNC(=O)c4cccc(CF)c4)C3)CC2)cc1. The lowest BCUT2D eigenvalue weighted by Crippen LogP contribution is -2.46. The summed E-state index contributed by atoms with van der Waals surface area (Å²) in [6.45, 7) is 2.99. The number of carbonyl (C=O) groups excluding carboxylic acids is 2. The van der Waals surface area contributed by atoms with E-state index in [2.05, 4.69) is 26.5 Å². The van der Waals surface area contributed by atoms with Crippen LogP contribution >= 0.6 is 0 Å². The van der Waals surface area contributed by atoms with Crippen LogP contribution in [0.2, 0.25) is 0 Å². The molecule has 2 saturated heterocycles. The second kappa shape index (κ2) is 11.1. The largest absolute Gasteiger partial charge is 0.371 e. The van der Waals surface area contributed by atoms with Crippen LogP contribution in [0.15, 0.2) is 48.5 Å². The van der Waals surface area contributed by atoms with E-state index in [1.807, 2.05) is 24.3 Å². The first kappa shape index (κ1) is 23.7. The maximum Gasteiger partial charge on any atom is 0.251 e. The zero-order valence-electron chi connectivity index (χ0n) is 19.2. The van der Waals surface area contributed by atoms with Crippen LogP contribution < -0.4 is 15.5 Å². The molecule has 2 fully saturated rings. The Labute approximate surface area is 199 Å². The molecule has 0 aromatic heterocycles. The van der Waals surface area contributed by atoms with Crippen LogP contribution in [-0.2, 0) is 11.5 Å². The molecule has 34 heavy (non-hydrogen) atoms. The number of carbonyl (C=O) groups is 2. The van der Waals surface area contributed by atoms with E-state index in [0.29, 0.717) is 22.7 Å². The first-order valence-electron chi connectivity index (χ1n) is 11.8. The van der Waals surface area contributed by atoms with Crippen molar-refractivity contribution < 1.29 is 14.0 Å². The van der Waals surface area contributed by atoms with Gasteiger partial charge in [-0.25, -0.2) is 4.39 Å². The van der Waals surface area contributed by atoms with E-state index in [-0.39, 0.29) is 24.4 Å². The van der Waals surface area contributed by atoms with Crippen molar-refractivity contribution in [2.75, 3.05) is 37.6 Å². The minimum atomic E-state index is -0.631. The molecule has 2 heterocycles. The number of hydrogen-bond donors (Lipinski definition) is 2. The molecule has 2 aromatic carbocycles. The first-order valence-corrected chi connectivity index (χ1v) is 11.8. The summed E-state index contributed by atoms with van der Waals surface area (Å²) in [5, 5.41) is 14.6. The Morgan fingerprint density at radius 3 is 2.53 bits per heavy atom. The molecule has 2 aliphatic heterocycles. The summed E-state index contributed by atoms with van der Waals surface area (Å²) in [5.74, 6) is -0.593. The third kappa shape index (κ3) is 5.91. The van der Waals surface area contributed by atoms with Crippen molar-refractivity contribution in [3.8, 4) is 6.07 Å². The molecule has 0 aliphatic carbocycles. The summed E-state index contributed by atoms with van der Waals surface area (Å²) in [7, 11) is 0. The third-order valence-electron chi connectivity index (χ3n) is 6.68. The number of hydrogen-bond acceptors (Lipinski definition) is 5. The Morgan fingerprint density at radius 1 is 1.06 bits per heavy atom. The smallest absolute Gasteiger partial charge is 0.251 e. The normalized spacial score (nSPS) is 18.9. The second-order valence-corrected chi connectivity index (χ2v) is 8.94. The second-order valence-electron chi connectivity index (χ2n) is 8.94. The average Bonchev–Trinajstić information content (AvgIpc) is 3.35. The van der Waals surface area contributed by atoms with Gasteiger partial charge in [-0.2, -0.15) is 5.26 Å². The van der Waals surface area contributed by atoms with Gasteiger partial charge in [-0.05, 0) is 61.2 Å². The zero-order chi connectivity index (χ0) is 23.9. The molecule has 0 unspecified atom stereocenters. The zero-order valence-corrected chi connectivity index (χ0v) is 19.2. The molecule has 2 aliphatic rings. The van der Waals surface area contributed by atoms with Crippen LogP contribution in [0.25, 0.3) is 0 Å². The maximum atomic E-state index is 12.8. The van der Waals surface area contributed by atoms with E-state index in [4.69, 9.17) is 5.26 Å². The van der Waals surface area contributed by atoms with Gasteiger partial charge in [-0.15, -0.1) is 0 Å². The van der Waals surface area contributed by atoms with Crippen LogP contribution in [-0.4, -0.2) is 61.5 Å². The molecule has 0 radical (unpaired) electrons. The van der Waals surface area contributed by atoms with Gasteiger partial charge in [0, 0.05) is 49.5 Å². The van der Waals surface area contributed by atoms with Crippen LogP contribution in [0, 0.1) is 11.3 Å². The van der Waals surface area contributed by atoms with Gasteiger partial charge in [-0.3, -0.25) is 14.5 Å². The Bertz CT molecular complexity index is 1040. The van der Waals surface area contributed by atoms with Crippen molar-refractivity contribution in [3.63, 3.8) is 0 Å². The highest BCUT2D eigenvalue weighted by molar-refractivity contribution is 5.96. The number of rotatable bonds is 7. The predicted octanol–water partition coefficient (Wildman–Crippen LogP) is 2.62. The number of amides is 2. The van der Waals surface area contributed by atoms with Crippen molar-refractivity contribution >= 4 is 17.5 Å². The van der Waals surface area contributed by atoms with Gasteiger partial charge in [0.25, 0.3) is 5.91 Å². The number of nitrogens with one attached hydrogen (secondary N) is 2. The summed E-state index contributed by atoms with van der Waals surface area (Å²) < 4.78 is 12.8. The van der Waals surface area contributed by atoms with Crippen LogP contribution in [0.1, 0.15) is 40.7 Å². The van der Waals surface area contributed by atoms with Crippen LogP contribution in [0.3, 0.4) is 0 Å². The number of likely N-dealkylation sites (tertiary alicyclic amines) is 1. The van der Waals surface area contributed by atoms with Crippen LogP contribution in [0.4, 0.5) is 10.1 Å². The highest BCUT2D eigenvalue weighted by Crippen LogP contribution is 2.25. The van der Waals surface area contributed by atoms with Gasteiger partial charge in [0.15, 0.2) is 0 Å². The Balaban J connectivity index is 1.18. The van der Waals surface area contributed by atoms with Crippen molar-refractivity contribution in [1.82, 2.24) is 15.5 Å². The first-order chi connectivity index (χ1) is 16.6. The Hall–Kier alpha value is -3.44. The monoisotopic (exact) mass is 463 g/mol. The van der Waals surface area contributed by atoms with Crippen LogP contribution in [0.5, 0.6) is 0 Å². The minimum absolute atomic E-state index is 0.0795. The Morgan fingerprint density at radius 2 is 1.82 bits per heavy atom. The van der Waals surface area contributed by atoms with E-state index < -0.39 is 6.67 Å². The minimum Gasteiger partial charge on any atom is -0.371 e. The predicted molar refractivity (Wildman–Crippen MR) is 128 cm³/mol. The molecule has 1 atom stereocenters. The van der Waals surface area contributed by atoms with Gasteiger partial charge in [0.2, 0.25) is 5.91 Å². The van der Waals surface area contributed by atoms with Crippen molar-refractivity contribution in [2.24, 2.45) is 0 Å². The third-order valence-corrected chi connectivity index (χ3v) is 6.68. The number of nitrogens with zero attached hydrogens (tertiary/aromatic N) is 3. The molecule has 178 valence electrons. The summed E-state index contributed by atoms with van der Waals surface area (Å²) >= 11 is 0. The molecule has 7 nitrogen and oxygen atoms in total. The van der Waals surface area contributed by atoms with E-state index in [1.54, 1.807) is 18.2 Å². The molecule has 0 bridgehead atoms. The average molecular weight is 464 g/mol. The number of piperidine rings is 1. The molecular weight excluding hydrogens is 433 g/mol. The lowest BCUT2D eigenvalue weighted by molar-refractivity contribution is -0.120. The fraction of sp³-hybridized carbons (Fsp3) is 0.423. The highest BCUT2D eigenvalue weighted by atomic mass is 19.1. The summed E-state index contributed by atoms with van der Waals surface area (Å²) in [5.41, 5.74) is 2.62. The topological polar surface area (TPSA) is 88.5 Å². The standard InChI is InChI=1S/C26H30FN5O2/c27-15-20-2-1-3-21(14-20)26(34)29-17-25(33)30-22-8-11-32(18-22)24-9-12-31(13-10-24)23-6-4-19(16-28)5-7-23/h1-7,14,22,24H,8-13,15,17-18H2,(H,29,34)(H,30,33)/t22-/m1/s1. The molecule has 2 amide bonds. The maximum absolute atomic E-state index is 12.8. The quantitative estimate of drug-likeness (QED) is 0.659. The molecule has 2 aromatic rings. The molecule has 2 N–H and O–H groups in total. The van der Waals surface area contributed by atoms with Crippen molar-refractivity contribution in [1.29, 1.82) is 5.26 Å². The lowest BCUT2D eigenvalue weighted by atomic mass is 10.0. The lowest BCUT2D eigenvalue weighted by Gasteiger charge is -2.38. The van der Waals surface area contributed by atoms with E-state index in [9.17, 15) is 14.0 Å². The summed E-state index contributed by atoms with van der Waals surface area (Å²) in [6.07, 6.45) is 3.03. The fourth-order valence-electron chi connectivity index (χ4n) is 4.81. The molecule has 0 saturated carbocycles. The van der Waals surface area contributed by atoms with E-state index in [0.717, 1.165) is 51.1 Å². The molecule has 4 rings (SSSR count). The number of halogens is 1. The molecule has 0 spiro atoms. The number of benzene rings is 2. The van der Waals surface area contributed by atoms with E-state index >= 15 is 0 Å². The molecule has 8 heteroatoms. The fourth-order valence-corrected chi connectivity index (χ4v) is 4.81. The molecular formula is C26H30FN5O2. The van der Waals surface area contributed by atoms with Gasteiger partial charge < -0.3 is 15.5 Å². The van der Waals surface area contributed by atoms with Gasteiger partial charge in [0.05, 0.1) is 18.2 Å². The van der Waals surface area contributed by atoms with Crippen molar-refractivity contribution in [3.05, 3.63) is 65.2 Å². The number of alkyl halides is 1. The van der Waals surface area contributed by atoms with Gasteiger partial charge in [0.1, 0.15) is 6.67 Å². The Kier molecular flexibility index (Phi) is 7.76. The summed E-state index contributed by atoms with van der Waals surface area (Å²) in [4.78, 5) is 29.4. The van der Waals surface area contributed by atoms with Gasteiger partial charge in [-0.1, -0.05) is 12.1 Å². The van der Waals surface area contributed by atoms with E-state index in [1.165, 1.54) is 6.07 Å². The summed E-state index contributed by atoms with van der Waals surface area (Å²) in [6, 6.07) is 16.8. The highest BCUT2D eigenvalue weighted by Gasteiger charge is 2.31. The number of anilines is 1. The van der Waals surface area contributed by atoms with Crippen molar-refractivity contribution in [2.45, 2.75) is 38.0 Å². The number of nitriles is 1.